The average molecular weight is 442 g/mol. The predicted octanol–water partition coefficient (Wildman–Crippen LogP) is 6.05. The zero-order chi connectivity index (χ0) is 22.9. The third-order valence-corrected chi connectivity index (χ3v) is 6.84. The molecule has 3 aromatic rings. The number of phenolic OH excluding ortho intramolecular Hbond substituents is 2. The SMILES string of the molecule is CCCN1CC(Cc2ccc(C3Oc4cc(O)ccc4C(C)=C3c3ccc(O)cc3)cc2)C1. The number of rotatable bonds is 6. The number of aromatic hydroxyl groups is 2. The molecule has 2 N–H and O–H groups in total. The van der Waals surface area contributed by atoms with E-state index in [1.807, 2.05) is 18.2 Å². The molecule has 0 aromatic heterocycles. The van der Waals surface area contributed by atoms with Crippen molar-refractivity contribution in [1.29, 1.82) is 0 Å². The number of likely N-dealkylation sites (tertiary alicyclic amines) is 1. The fourth-order valence-electron chi connectivity index (χ4n) is 5.16. The van der Waals surface area contributed by atoms with Crippen molar-refractivity contribution in [3.05, 3.63) is 89.0 Å². The fraction of sp³-hybridized carbons (Fsp3) is 0.310. The standard InChI is InChI=1S/C29H31NO3/c1-3-14-30-17-21(18-30)15-20-4-6-23(7-5-20)29-28(22-8-10-24(31)11-9-22)19(2)26-13-12-25(32)16-27(26)33-29/h4-13,16,21,29,31-32H,3,14-15,17-18H2,1-2H3. The number of ether oxygens (including phenoxy) is 1. The Hall–Kier alpha value is -3.24. The van der Waals surface area contributed by atoms with E-state index in [1.165, 1.54) is 31.6 Å². The minimum absolute atomic E-state index is 0.196. The molecule has 0 saturated carbocycles. The third kappa shape index (κ3) is 4.36. The number of allylic oxidation sites excluding steroid dienone is 1. The van der Waals surface area contributed by atoms with E-state index >= 15 is 0 Å². The van der Waals surface area contributed by atoms with Gasteiger partial charge in [-0.1, -0.05) is 43.3 Å². The van der Waals surface area contributed by atoms with Crippen molar-refractivity contribution < 1.29 is 14.9 Å². The largest absolute Gasteiger partial charge is 0.508 e. The number of hydrogen-bond acceptors (Lipinski definition) is 4. The second-order valence-corrected chi connectivity index (χ2v) is 9.34. The van der Waals surface area contributed by atoms with Crippen molar-refractivity contribution >= 4 is 11.1 Å². The molecular weight excluding hydrogens is 410 g/mol. The molecule has 2 aliphatic rings. The normalized spacial score (nSPS) is 18.5. The highest BCUT2D eigenvalue weighted by Gasteiger charge is 2.30. The zero-order valence-corrected chi connectivity index (χ0v) is 19.3. The number of hydrogen-bond donors (Lipinski definition) is 2. The molecule has 1 saturated heterocycles. The lowest BCUT2D eigenvalue weighted by molar-refractivity contribution is 0.101. The van der Waals surface area contributed by atoms with Gasteiger partial charge < -0.3 is 19.8 Å². The van der Waals surface area contributed by atoms with Crippen LogP contribution in [0.4, 0.5) is 0 Å². The summed E-state index contributed by atoms with van der Waals surface area (Å²) in [4.78, 5) is 2.53. The molecule has 1 fully saturated rings. The maximum absolute atomic E-state index is 10.0. The van der Waals surface area contributed by atoms with Gasteiger partial charge in [0.2, 0.25) is 0 Å². The van der Waals surface area contributed by atoms with Crippen molar-refractivity contribution in [1.82, 2.24) is 4.90 Å². The van der Waals surface area contributed by atoms with Crippen LogP contribution in [0, 0.1) is 5.92 Å². The van der Waals surface area contributed by atoms with Crippen LogP contribution in [0.25, 0.3) is 11.1 Å². The Balaban J connectivity index is 1.44. The van der Waals surface area contributed by atoms with Crippen LogP contribution < -0.4 is 4.74 Å². The van der Waals surface area contributed by atoms with Crippen molar-refractivity contribution in [2.75, 3.05) is 19.6 Å². The molecule has 2 aliphatic heterocycles. The fourth-order valence-corrected chi connectivity index (χ4v) is 5.16. The molecule has 1 atom stereocenters. The number of fused-ring (bicyclic) bond motifs is 1. The van der Waals surface area contributed by atoms with Crippen LogP contribution in [-0.4, -0.2) is 34.7 Å². The molecule has 170 valence electrons. The van der Waals surface area contributed by atoms with Crippen LogP contribution in [0.15, 0.2) is 66.7 Å². The van der Waals surface area contributed by atoms with E-state index in [-0.39, 0.29) is 17.6 Å². The summed E-state index contributed by atoms with van der Waals surface area (Å²) < 4.78 is 6.47. The average Bonchev–Trinajstić information content (AvgIpc) is 2.79. The van der Waals surface area contributed by atoms with E-state index in [0.29, 0.717) is 5.75 Å². The highest BCUT2D eigenvalue weighted by molar-refractivity contribution is 5.95. The summed E-state index contributed by atoms with van der Waals surface area (Å²) in [5.74, 6) is 1.88. The second kappa shape index (κ2) is 8.95. The smallest absolute Gasteiger partial charge is 0.150 e. The molecule has 3 aromatic carbocycles. The van der Waals surface area contributed by atoms with Gasteiger partial charge in [0.1, 0.15) is 23.4 Å². The van der Waals surface area contributed by atoms with Gasteiger partial charge in [-0.3, -0.25) is 0 Å². The topological polar surface area (TPSA) is 52.9 Å². The molecule has 0 radical (unpaired) electrons. The van der Waals surface area contributed by atoms with Crippen LogP contribution in [0.3, 0.4) is 0 Å². The number of phenols is 2. The van der Waals surface area contributed by atoms with Crippen molar-refractivity contribution in [2.45, 2.75) is 32.8 Å². The predicted molar refractivity (Wildman–Crippen MR) is 132 cm³/mol. The van der Waals surface area contributed by atoms with Gasteiger partial charge in [0, 0.05) is 30.3 Å². The van der Waals surface area contributed by atoms with Gasteiger partial charge in [0.15, 0.2) is 0 Å². The van der Waals surface area contributed by atoms with Gasteiger partial charge in [-0.15, -0.1) is 0 Å². The van der Waals surface area contributed by atoms with Crippen LogP contribution in [-0.2, 0) is 6.42 Å². The molecule has 2 heterocycles. The Morgan fingerprint density at radius 2 is 1.61 bits per heavy atom. The Morgan fingerprint density at radius 3 is 2.30 bits per heavy atom. The molecule has 33 heavy (non-hydrogen) atoms. The zero-order valence-electron chi connectivity index (χ0n) is 19.3. The van der Waals surface area contributed by atoms with Gasteiger partial charge in [0.25, 0.3) is 0 Å². The van der Waals surface area contributed by atoms with Gasteiger partial charge in [-0.25, -0.2) is 0 Å². The Labute approximate surface area is 195 Å². The molecule has 1 unspecified atom stereocenters. The molecule has 4 nitrogen and oxygen atoms in total. The van der Waals surface area contributed by atoms with E-state index in [9.17, 15) is 10.2 Å². The van der Waals surface area contributed by atoms with Crippen molar-refractivity contribution in [3.63, 3.8) is 0 Å². The molecule has 4 heteroatoms. The van der Waals surface area contributed by atoms with Gasteiger partial charge in [-0.2, -0.15) is 0 Å². The van der Waals surface area contributed by atoms with E-state index in [2.05, 4.69) is 43.0 Å². The summed E-state index contributed by atoms with van der Waals surface area (Å²) in [6, 6.07) is 21.4. The molecular formula is C29H31NO3. The van der Waals surface area contributed by atoms with Gasteiger partial charge in [-0.05, 0) is 78.8 Å². The third-order valence-electron chi connectivity index (χ3n) is 6.84. The van der Waals surface area contributed by atoms with E-state index < -0.39 is 0 Å². The monoisotopic (exact) mass is 441 g/mol. The summed E-state index contributed by atoms with van der Waals surface area (Å²) in [5, 5.41) is 19.8. The maximum Gasteiger partial charge on any atom is 0.150 e. The lowest BCUT2D eigenvalue weighted by Gasteiger charge is -2.39. The van der Waals surface area contributed by atoms with Crippen molar-refractivity contribution in [2.24, 2.45) is 5.92 Å². The van der Waals surface area contributed by atoms with Crippen LogP contribution in [0.5, 0.6) is 17.2 Å². The van der Waals surface area contributed by atoms with Crippen LogP contribution >= 0.6 is 0 Å². The number of benzene rings is 3. The highest BCUT2D eigenvalue weighted by atomic mass is 16.5. The summed E-state index contributed by atoms with van der Waals surface area (Å²) in [5.41, 5.74) is 6.63. The van der Waals surface area contributed by atoms with Gasteiger partial charge in [0.05, 0.1) is 0 Å². The molecule has 0 amide bonds. The Kier molecular flexibility index (Phi) is 5.86. The summed E-state index contributed by atoms with van der Waals surface area (Å²) in [6.45, 7) is 7.95. The first-order valence-corrected chi connectivity index (χ1v) is 11.8. The van der Waals surface area contributed by atoms with Crippen LogP contribution in [0.1, 0.15) is 48.6 Å². The van der Waals surface area contributed by atoms with E-state index in [4.69, 9.17) is 4.74 Å². The summed E-state index contributed by atoms with van der Waals surface area (Å²) >= 11 is 0. The second-order valence-electron chi connectivity index (χ2n) is 9.34. The Bertz CT molecular complexity index is 1160. The highest BCUT2D eigenvalue weighted by Crippen LogP contribution is 2.47. The van der Waals surface area contributed by atoms with Crippen LogP contribution in [0.2, 0.25) is 0 Å². The van der Waals surface area contributed by atoms with E-state index in [0.717, 1.165) is 40.2 Å². The van der Waals surface area contributed by atoms with Gasteiger partial charge >= 0.3 is 0 Å². The first-order valence-electron chi connectivity index (χ1n) is 11.8. The first-order chi connectivity index (χ1) is 16.0. The molecule has 5 rings (SSSR count). The molecule has 0 bridgehead atoms. The summed E-state index contributed by atoms with van der Waals surface area (Å²) in [6.07, 6.45) is 2.05. The van der Waals surface area contributed by atoms with E-state index in [1.54, 1.807) is 24.3 Å². The molecule has 0 aliphatic carbocycles. The minimum Gasteiger partial charge on any atom is -0.508 e. The lowest BCUT2D eigenvalue weighted by atomic mass is 9.85. The van der Waals surface area contributed by atoms with Crippen molar-refractivity contribution in [3.8, 4) is 17.2 Å². The Morgan fingerprint density at radius 1 is 0.909 bits per heavy atom. The first kappa shape index (κ1) is 21.6. The lowest BCUT2D eigenvalue weighted by Crippen LogP contribution is -2.47. The number of nitrogens with zero attached hydrogens (tertiary/aromatic N) is 1. The minimum atomic E-state index is -0.290. The molecule has 0 spiro atoms. The quantitative estimate of drug-likeness (QED) is 0.489. The maximum atomic E-state index is 10.0. The summed E-state index contributed by atoms with van der Waals surface area (Å²) in [7, 11) is 0.